The molecule has 0 aromatic heterocycles. The van der Waals surface area contributed by atoms with Gasteiger partial charge in [-0.25, -0.2) is 4.79 Å². The third kappa shape index (κ3) is 6.35. The minimum Gasteiger partial charge on any atom is -0.450 e. The molecule has 2 amide bonds. The van der Waals surface area contributed by atoms with E-state index in [2.05, 4.69) is 10.6 Å². The van der Waals surface area contributed by atoms with E-state index in [0.717, 1.165) is 38.8 Å². The zero-order valence-electron chi connectivity index (χ0n) is 14.0. The molecule has 0 aromatic rings. The van der Waals surface area contributed by atoms with Gasteiger partial charge in [-0.05, 0) is 32.6 Å². The molecule has 0 saturated carbocycles. The Hall–Kier alpha value is -1.34. The van der Waals surface area contributed by atoms with Crippen LogP contribution in [0.5, 0.6) is 0 Å². The number of nitrogens with one attached hydrogen (secondary N) is 2. The Morgan fingerprint density at radius 2 is 2.04 bits per heavy atom. The second-order valence-corrected chi connectivity index (χ2v) is 6.12. The van der Waals surface area contributed by atoms with E-state index in [-0.39, 0.29) is 18.0 Å². The quantitative estimate of drug-likeness (QED) is 0.679. The van der Waals surface area contributed by atoms with Gasteiger partial charge in [0.05, 0.1) is 12.7 Å². The molecule has 0 radical (unpaired) electrons. The van der Waals surface area contributed by atoms with Crippen molar-refractivity contribution in [3.63, 3.8) is 0 Å². The van der Waals surface area contributed by atoms with E-state index in [9.17, 15) is 9.59 Å². The van der Waals surface area contributed by atoms with Gasteiger partial charge in [-0.3, -0.25) is 4.79 Å². The van der Waals surface area contributed by atoms with E-state index in [1.54, 1.807) is 11.8 Å². The van der Waals surface area contributed by atoms with Crippen molar-refractivity contribution in [1.29, 1.82) is 0 Å². The van der Waals surface area contributed by atoms with Gasteiger partial charge >= 0.3 is 6.09 Å². The first kappa shape index (κ1) is 18.0. The lowest BCUT2D eigenvalue weighted by molar-refractivity contribution is -0.122. The molecule has 1 unspecified atom stereocenters. The van der Waals surface area contributed by atoms with E-state index in [4.69, 9.17) is 9.47 Å². The lowest BCUT2D eigenvalue weighted by Crippen LogP contribution is -2.47. The molecule has 7 nitrogen and oxygen atoms in total. The van der Waals surface area contributed by atoms with E-state index >= 15 is 0 Å². The van der Waals surface area contributed by atoms with Crippen LogP contribution in [0.25, 0.3) is 0 Å². The molecule has 1 atom stereocenters. The lowest BCUT2D eigenvalue weighted by Gasteiger charge is -2.31. The van der Waals surface area contributed by atoms with Crippen LogP contribution in [-0.2, 0) is 14.3 Å². The van der Waals surface area contributed by atoms with Gasteiger partial charge in [0.2, 0.25) is 5.91 Å². The fraction of sp³-hybridized carbons (Fsp3) is 0.875. The van der Waals surface area contributed by atoms with Crippen LogP contribution in [0.1, 0.15) is 39.0 Å². The number of ether oxygens (including phenoxy) is 2. The molecule has 23 heavy (non-hydrogen) atoms. The molecular weight excluding hydrogens is 298 g/mol. The van der Waals surface area contributed by atoms with Gasteiger partial charge in [0.15, 0.2) is 0 Å². The molecule has 2 N–H and O–H groups in total. The molecule has 2 aliphatic heterocycles. The number of rotatable bonds is 7. The molecular formula is C16H29N3O4. The van der Waals surface area contributed by atoms with E-state index in [0.29, 0.717) is 38.8 Å². The predicted molar refractivity (Wildman–Crippen MR) is 86.2 cm³/mol. The van der Waals surface area contributed by atoms with Gasteiger partial charge < -0.3 is 25.0 Å². The summed E-state index contributed by atoms with van der Waals surface area (Å²) in [5, 5.41) is 6.33. The number of hydrogen-bond acceptors (Lipinski definition) is 5. The third-order valence-electron chi connectivity index (χ3n) is 4.31. The van der Waals surface area contributed by atoms with Crippen molar-refractivity contribution >= 4 is 12.0 Å². The van der Waals surface area contributed by atoms with Crippen LogP contribution in [0.4, 0.5) is 4.79 Å². The Balaban J connectivity index is 1.53. The Morgan fingerprint density at radius 1 is 1.26 bits per heavy atom. The largest absolute Gasteiger partial charge is 0.450 e. The molecule has 0 bridgehead atoms. The van der Waals surface area contributed by atoms with Gasteiger partial charge in [0, 0.05) is 45.2 Å². The van der Waals surface area contributed by atoms with Crippen molar-refractivity contribution in [2.75, 3.05) is 39.4 Å². The first-order chi connectivity index (χ1) is 11.2. The first-order valence-electron chi connectivity index (χ1n) is 8.72. The number of likely N-dealkylation sites (tertiary alicyclic amines) is 1. The summed E-state index contributed by atoms with van der Waals surface area (Å²) in [5.74, 6) is 0.0689. The van der Waals surface area contributed by atoms with Crippen LogP contribution in [0.2, 0.25) is 0 Å². The monoisotopic (exact) mass is 327 g/mol. The van der Waals surface area contributed by atoms with Crippen molar-refractivity contribution in [3.05, 3.63) is 0 Å². The zero-order valence-corrected chi connectivity index (χ0v) is 14.0. The van der Waals surface area contributed by atoms with Crippen molar-refractivity contribution in [2.24, 2.45) is 0 Å². The van der Waals surface area contributed by atoms with Crippen molar-refractivity contribution in [3.8, 4) is 0 Å². The maximum Gasteiger partial charge on any atom is 0.409 e. The van der Waals surface area contributed by atoms with Gasteiger partial charge in [0.1, 0.15) is 0 Å². The molecule has 2 rings (SSSR count). The fourth-order valence-corrected chi connectivity index (χ4v) is 2.99. The summed E-state index contributed by atoms with van der Waals surface area (Å²) in [4.78, 5) is 25.2. The zero-order chi connectivity index (χ0) is 16.5. The minimum absolute atomic E-state index is 0.0689. The number of piperidine rings is 1. The summed E-state index contributed by atoms with van der Waals surface area (Å²) in [6.07, 6.45) is 4.35. The second-order valence-electron chi connectivity index (χ2n) is 6.12. The van der Waals surface area contributed by atoms with E-state index < -0.39 is 0 Å². The van der Waals surface area contributed by atoms with Crippen LogP contribution in [0.15, 0.2) is 0 Å². The first-order valence-corrected chi connectivity index (χ1v) is 8.72. The molecule has 2 saturated heterocycles. The van der Waals surface area contributed by atoms with Crippen LogP contribution in [0.3, 0.4) is 0 Å². The Morgan fingerprint density at radius 3 is 2.70 bits per heavy atom. The summed E-state index contributed by atoms with van der Waals surface area (Å²) in [6.45, 7) is 5.84. The standard InChI is InChI=1S/C16H29N3O4/c1-2-22-16(21)19-9-6-13(7-10-19)18-15(20)5-8-17-12-14-4-3-11-23-14/h13-14,17H,2-12H2,1H3,(H,18,20). The SMILES string of the molecule is CCOC(=O)N1CCC(NC(=O)CCNCC2CCCO2)CC1. The minimum atomic E-state index is -0.254. The maximum absolute atomic E-state index is 11.9. The van der Waals surface area contributed by atoms with Gasteiger partial charge in [0.25, 0.3) is 0 Å². The normalized spacial score (nSPS) is 22.1. The predicted octanol–water partition coefficient (Wildman–Crippen LogP) is 0.882. The number of nitrogens with zero attached hydrogens (tertiary/aromatic N) is 1. The van der Waals surface area contributed by atoms with E-state index in [1.807, 2.05) is 0 Å². The van der Waals surface area contributed by atoms with Crippen LogP contribution < -0.4 is 10.6 Å². The average molecular weight is 327 g/mol. The topological polar surface area (TPSA) is 79.9 Å². The molecule has 2 fully saturated rings. The highest BCUT2D eigenvalue weighted by atomic mass is 16.6. The highest BCUT2D eigenvalue weighted by Crippen LogP contribution is 2.12. The number of amides is 2. The summed E-state index contributed by atoms with van der Waals surface area (Å²) >= 11 is 0. The highest BCUT2D eigenvalue weighted by Gasteiger charge is 2.24. The van der Waals surface area contributed by atoms with Crippen molar-refractivity contribution in [2.45, 2.75) is 51.2 Å². The fourth-order valence-electron chi connectivity index (χ4n) is 2.99. The Bertz CT molecular complexity index is 378. The second kappa shape index (κ2) is 9.72. The molecule has 2 heterocycles. The average Bonchev–Trinajstić information content (AvgIpc) is 3.06. The summed E-state index contributed by atoms with van der Waals surface area (Å²) < 4.78 is 10.5. The summed E-state index contributed by atoms with van der Waals surface area (Å²) in [5.41, 5.74) is 0. The molecule has 7 heteroatoms. The van der Waals surface area contributed by atoms with Crippen LogP contribution in [0, 0.1) is 0 Å². The summed E-state index contributed by atoms with van der Waals surface area (Å²) in [7, 11) is 0. The Kier molecular flexibility index (Phi) is 7.61. The molecule has 132 valence electrons. The van der Waals surface area contributed by atoms with Crippen LogP contribution in [-0.4, -0.2) is 68.4 Å². The van der Waals surface area contributed by atoms with Gasteiger partial charge in [-0.1, -0.05) is 0 Å². The maximum atomic E-state index is 11.9. The third-order valence-corrected chi connectivity index (χ3v) is 4.31. The lowest BCUT2D eigenvalue weighted by atomic mass is 10.1. The molecule has 0 aromatic carbocycles. The summed E-state index contributed by atoms with van der Waals surface area (Å²) in [6, 6.07) is 0.159. The van der Waals surface area contributed by atoms with Crippen LogP contribution >= 0.6 is 0 Å². The smallest absolute Gasteiger partial charge is 0.409 e. The van der Waals surface area contributed by atoms with Gasteiger partial charge in [-0.15, -0.1) is 0 Å². The van der Waals surface area contributed by atoms with Crippen molar-refractivity contribution in [1.82, 2.24) is 15.5 Å². The number of hydrogen-bond donors (Lipinski definition) is 2. The molecule has 0 spiro atoms. The Labute approximate surface area is 138 Å². The van der Waals surface area contributed by atoms with E-state index in [1.165, 1.54) is 0 Å². The highest BCUT2D eigenvalue weighted by molar-refractivity contribution is 5.76. The van der Waals surface area contributed by atoms with Crippen molar-refractivity contribution < 1.29 is 19.1 Å². The molecule has 2 aliphatic rings. The molecule has 0 aliphatic carbocycles. The van der Waals surface area contributed by atoms with Gasteiger partial charge in [-0.2, -0.15) is 0 Å². The number of carbonyl (C=O) groups excluding carboxylic acids is 2. The number of carbonyl (C=O) groups is 2.